The van der Waals surface area contributed by atoms with E-state index < -0.39 is 15.6 Å². The summed E-state index contributed by atoms with van der Waals surface area (Å²) in [6, 6.07) is 12.5. The fraction of sp³-hybridized carbons (Fsp3) is 0.381. The van der Waals surface area contributed by atoms with Crippen molar-refractivity contribution in [2.75, 3.05) is 13.1 Å². The summed E-state index contributed by atoms with van der Waals surface area (Å²) in [6.07, 6.45) is 1.33. The third-order valence-corrected chi connectivity index (χ3v) is 7.45. The lowest BCUT2D eigenvalue weighted by Crippen LogP contribution is -2.52. The Labute approximate surface area is 160 Å². The fourth-order valence-electron chi connectivity index (χ4n) is 3.88. The lowest BCUT2D eigenvalue weighted by Gasteiger charge is -2.43. The molecule has 5 nitrogen and oxygen atoms in total. The normalized spacial score (nSPS) is 19.6. The number of ketones is 1. The smallest absolute Gasteiger partial charge is 0.243 e. The number of Topliss-reactive ketones (excluding diaryl/α,β-unsaturated/α-hetero) is 1. The van der Waals surface area contributed by atoms with Gasteiger partial charge < -0.3 is 4.74 Å². The first-order valence-corrected chi connectivity index (χ1v) is 10.6. The van der Waals surface area contributed by atoms with Crippen molar-refractivity contribution in [1.82, 2.24) is 4.31 Å². The van der Waals surface area contributed by atoms with Crippen molar-refractivity contribution in [2.45, 2.75) is 43.6 Å². The average Bonchev–Trinajstić information content (AvgIpc) is 2.63. The van der Waals surface area contributed by atoms with E-state index >= 15 is 0 Å². The topological polar surface area (TPSA) is 63.7 Å². The Kier molecular flexibility index (Phi) is 4.35. The number of rotatable bonds is 2. The van der Waals surface area contributed by atoms with Crippen LogP contribution >= 0.6 is 0 Å². The van der Waals surface area contributed by atoms with Gasteiger partial charge in [0.2, 0.25) is 10.0 Å². The van der Waals surface area contributed by atoms with Crippen LogP contribution in [0.25, 0.3) is 0 Å². The fourth-order valence-corrected chi connectivity index (χ4v) is 5.32. The Morgan fingerprint density at radius 2 is 1.59 bits per heavy atom. The predicted molar refractivity (Wildman–Crippen MR) is 103 cm³/mol. The Hall–Kier alpha value is -2.18. The molecule has 6 heteroatoms. The van der Waals surface area contributed by atoms with E-state index in [2.05, 4.69) is 0 Å². The second-order valence-corrected chi connectivity index (χ2v) is 9.54. The van der Waals surface area contributed by atoms with Gasteiger partial charge in [-0.25, -0.2) is 8.42 Å². The van der Waals surface area contributed by atoms with Gasteiger partial charge in [0, 0.05) is 25.9 Å². The highest BCUT2D eigenvalue weighted by molar-refractivity contribution is 7.89. The maximum absolute atomic E-state index is 12.9. The number of benzene rings is 2. The minimum atomic E-state index is -3.52. The van der Waals surface area contributed by atoms with Gasteiger partial charge in [0.05, 0.1) is 16.9 Å². The van der Waals surface area contributed by atoms with Gasteiger partial charge in [0.1, 0.15) is 11.4 Å². The molecule has 4 rings (SSSR count). The number of nitrogens with zero attached hydrogens (tertiary/aromatic N) is 1. The number of carbonyl (C=O) groups is 1. The van der Waals surface area contributed by atoms with Crippen molar-refractivity contribution >= 4 is 15.8 Å². The summed E-state index contributed by atoms with van der Waals surface area (Å²) < 4.78 is 33.5. The minimum absolute atomic E-state index is 0.0785. The molecule has 0 aromatic heterocycles. The van der Waals surface area contributed by atoms with E-state index in [0.717, 1.165) is 11.1 Å². The summed E-state index contributed by atoms with van der Waals surface area (Å²) in [6.45, 7) is 4.58. The van der Waals surface area contributed by atoms with Crippen LogP contribution in [0.1, 0.15) is 40.7 Å². The maximum Gasteiger partial charge on any atom is 0.243 e. The monoisotopic (exact) mass is 385 g/mol. The van der Waals surface area contributed by atoms with Gasteiger partial charge in [-0.15, -0.1) is 0 Å². The van der Waals surface area contributed by atoms with Crippen LogP contribution in [-0.2, 0) is 10.0 Å². The van der Waals surface area contributed by atoms with Gasteiger partial charge in [-0.1, -0.05) is 29.3 Å². The molecule has 1 fully saturated rings. The number of sulfonamides is 1. The highest BCUT2D eigenvalue weighted by Crippen LogP contribution is 2.40. The number of hydrogen-bond donors (Lipinski definition) is 0. The summed E-state index contributed by atoms with van der Waals surface area (Å²) in [4.78, 5) is 12.9. The SMILES string of the molecule is Cc1ccc(S(=O)(=O)N2CCC3(CC2)CC(=O)c2cc(C)ccc2O3)cc1. The first-order chi connectivity index (χ1) is 12.8. The number of carbonyl (C=O) groups excluding carboxylic acids is 1. The van der Waals surface area contributed by atoms with E-state index in [1.54, 1.807) is 24.3 Å². The molecule has 1 saturated heterocycles. The van der Waals surface area contributed by atoms with E-state index in [0.29, 0.717) is 48.6 Å². The third kappa shape index (κ3) is 3.28. The molecule has 0 N–H and O–H groups in total. The molecule has 2 aromatic rings. The summed E-state index contributed by atoms with van der Waals surface area (Å²) in [5.41, 5.74) is 2.09. The zero-order chi connectivity index (χ0) is 19.2. The summed E-state index contributed by atoms with van der Waals surface area (Å²) >= 11 is 0. The second-order valence-electron chi connectivity index (χ2n) is 7.60. The van der Waals surface area contributed by atoms with Crippen molar-refractivity contribution in [3.8, 4) is 5.75 Å². The van der Waals surface area contributed by atoms with E-state index in [-0.39, 0.29) is 5.78 Å². The zero-order valence-electron chi connectivity index (χ0n) is 15.6. The van der Waals surface area contributed by atoms with Crippen LogP contribution in [-0.4, -0.2) is 37.2 Å². The Balaban J connectivity index is 1.53. The molecule has 0 saturated carbocycles. The number of ether oxygens (including phenoxy) is 1. The molecule has 2 aliphatic heterocycles. The molecular weight excluding hydrogens is 362 g/mol. The van der Waals surface area contributed by atoms with Gasteiger partial charge in [0.15, 0.2) is 5.78 Å². The van der Waals surface area contributed by atoms with Gasteiger partial charge in [-0.05, 0) is 38.1 Å². The summed E-state index contributed by atoms with van der Waals surface area (Å²) in [5.74, 6) is 0.696. The Bertz CT molecular complexity index is 987. The van der Waals surface area contributed by atoms with Crippen LogP contribution < -0.4 is 4.74 Å². The molecule has 2 aromatic carbocycles. The highest BCUT2D eigenvalue weighted by atomic mass is 32.2. The highest BCUT2D eigenvalue weighted by Gasteiger charge is 2.45. The standard InChI is InChI=1S/C21H23NO4S/c1-15-3-6-17(7-4-15)27(24,25)22-11-9-21(10-12-22)14-19(23)18-13-16(2)5-8-20(18)26-21/h3-8,13H,9-12,14H2,1-2H3. The lowest BCUT2D eigenvalue weighted by molar-refractivity contribution is 0.00589. The van der Waals surface area contributed by atoms with Gasteiger partial charge in [-0.2, -0.15) is 4.31 Å². The van der Waals surface area contributed by atoms with Gasteiger partial charge in [-0.3, -0.25) is 4.79 Å². The number of hydrogen-bond acceptors (Lipinski definition) is 4. The molecule has 2 heterocycles. The lowest BCUT2D eigenvalue weighted by atomic mass is 9.83. The Morgan fingerprint density at radius 3 is 2.26 bits per heavy atom. The molecule has 0 unspecified atom stereocenters. The van der Waals surface area contributed by atoms with Crippen LogP contribution in [0.5, 0.6) is 5.75 Å². The van der Waals surface area contributed by atoms with Gasteiger partial charge >= 0.3 is 0 Å². The molecule has 0 bridgehead atoms. The van der Waals surface area contributed by atoms with Crippen molar-refractivity contribution < 1.29 is 17.9 Å². The molecule has 0 radical (unpaired) electrons. The van der Waals surface area contributed by atoms with Crippen molar-refractivity contribution in [3.63, 3.8) is 0 Å². The summed E-state index contributed by atoms with van der Waals surface area (Å²) in [5, 5.41) is 0. The largest absolute Gasteiger partial charge is 0.486 e. The molecule has 1 spiro atoms. The van der Waals surface area contributed by atoms with Crippen molar-refractivity contribution in [3.05, 3.63) is 59.2 Å². The number of piperidine rings is 1. The number of fused-ring (bicyclic) bond motifs is 1. The van der Waals surface area contributed by atoms with E-state index in [1.807, 2.05) is 32.0 Å². The van der Waals surface area contributed by atoms with E-state index in [4.69, 9.17) is 4.74 Å². The van der Waals surface area contributed by atoms with Crippen LogP contribution in [0.2, 0.25) is 0 Å². The summed E-state index contributed by atoms with van der Waals surface area (Å²) in [7, 11) is -3.52. The van der Waals surface area contributed by atoms with Crippen LogP contribution in [0.3, 0.4) is 0 Å². The second kappa shape index (κ2) is 6.46. The van der Waals surface area contributed by atoms with Crippen molar-refractivity contribution in [1.29, 1.82) is 0 Å². The predicted octanol–water partition coefficient (Wildman–Crippen LogP) is 3.49. The molecular formula is C21H23NO4S. The maximum atomic E-state index is 12.9. The van der Waals surface area contributed by atoms with E-state index in [1.165, 1.54) is 4.31 Å². The Morgan fingerprint density at radius 1 is 0.963 bits per heavy atom. The minimum Gasteiger partial charge on any atom is -0.486 e. The molecule has 0 amide bonds. The van der Waals surface area contributed by atoms with Gasteiger partial charge in [0.25, 0.3) is 0 Å². The number of aryl methyl sites for hydroxylation is 2. The molecule has 0 atom stereocenters. The first kappa shape index (κ1) is 18.2. The van der Waals surface area contributed by atoms with Crippen LogP contribution in [0, 0.1) is 13.8 Å². The first-order valence-electron chi connectivity index (χ1n) is 9.19. The zero-order valence-corrected chi connectivity index (χ0v) is 16.4. The molecule has 27 heavy (non-hydrogen) atoms. The van der Waals surface area contributed by atoms with Crippen LogP contribution in [0.4, 0.5) is 0 Å². The van der Waals surface area contributed by atoms with Crippen molar-refractivity contribution in [2.24, 2.45) is 0 Å². The quantitative estimate of drug-likeness (QED) is 0.794. The van der Waals surface area contributed by atoms with Crippen LogP contribution in [0.15, 0.2) is 47.4 Å². The third-order valence-electron chi connectivity index (χ3n) is 5.54. The molecule has 142 valence electrons. The van der Waals surface area contributed by atoms with E-state index in [9.17, 15) is 13.2 Å². The molecule has 2 aliphatic rings. The molecule has 0 aliphatic carbocycles. The average molecular weight is 385 g/mol.